The van der Waals surface area contributed by atoms with Gasteiger partial charge in [-0.15, -0.1) is 0 Å². The van der Waals surface area contributed by atoms with Crippen LogP contribution in [0.1, 0.15) is 18.1 Å². The number of rotatable bonds is 4. The van der Waals surface area contributed by atoms with Crippen LogP contribution in [0, 0.1) is 0 Å². The maximum absolute atomic E-state index is 12.8. The topological polar surface area (TPSA) is 26.3 Å². The molecule has 0 spiro atoms. The van der Waals surface area contributed by atoms with Crippen molar-refractivity contribution in [2.24, 2.45) is 0 Å². The van der Waals surface area contributed by atoms with Crippen molar-refractivity contribution in [2.45, 2.75) is 13.1 Å². The molecule has 0 bridgehead atoms. The van der Waals surface area contributed by atoms with Gasteiger partial charge in [-0.05, 0) is 64.7 Å². The Hall–Kier alpha value is -3.08. The van der Waals surface area contributed by atoms with E-state index in [4.69, 9.17) is 4.74 Å². The van der Waals surface area contributed by atoms with Gasteiger partial charge >= 0.3 is 12.1 Å². The second-order valence-electron chi connectivity index (χ2n) is 5.95. The third kappa shape index (κ3) is 4.37. The molecule has 138 valence electrons. The fraction of sp³-hybridized carbons (Fsp3) is 0.136. The summed E-state index contributed by atoms with van der Waals surface area (Å²) in [7, 11) is 0. The molecule has 3 aromatic carbocycles. The molecule has 0 N–H and O–H groups in total. The molecule has 0 heterocycles. The van der Waals surface area contributed by atoms with E-state index in [1.807, 2.05) is 36.4 Å². The molecule has 0 fully saturated rings. The Morgan fingerprint density at radius 2 is 1.74 bits per heavy atom. The van der Waals surface area contributed by atoms with Crippen molar-refractivity contribution in [2.75, 3.05) is 6.61 Å². The van der Waals surface area contributed by atoms with Gasteiger partial charge in [0.25, 0.3) is 0 Å². The number of hydrogen-bond acceptors (Lipinski definition) is 2. The van der Waals surface area contributed by atoms with Crippen molar-refractivity contribution in [3.05, 3.63) is 77.9 Å². The third-order valence-corrected chi connectivity index (χ3v) is 4.11. The maximum atomic E-state index is 12.8. The number of esters is 1. The summed E-state index contributed by atoms with van der Waals surface area (Å²) in [5, 5.41) is 1.85. The van der Waals surface area contributed by atoms with E-state index in [1.54, 1.807) is 13.0 Å². The number of carbonyl (C=O) groups is 1. The number of alkyl halides is 3. The molecule has 27 heavy (non-hydrogen) atoms. The van der Waals surface area contributed by atoms with Crippen LogP contribution in [0.15, 0.2) is 66.7 Å². The summed E-state index contributed by atoms with van der Waals surface area (Å²) < 4.78 is 43.4. The molecule has 0 unspecified atom stereocenters. The van der Waals surface area contributed by atoms with Crippen LogP contribution in [0.4, 0.5) is 13.2 Å². The van der Waals surface area contributed by atoms with E-state index < -0.39 is 17.7 Å². The van der Waals surface area contributed by atoms with Gasteiger partial charge < -0.3 is 4.74 Å². The van der Waals surface area contributed by atoms with Gasteiger partial charge in [0.2, 0.25) is 0 Å². The zero-order valence-corrected chi connectivity index (χ0v) is 14.6. The fourth-order valence-corrected chi connectivity index (χ4v) is 2.86. The SMILES string of the molecule is CCOC(=O)C=Cc1cc(-c2ccc(C(F)(F)F)cc2)c2ccccc2c1. The lowest BCUT2D eigenvalue weighted by molar-refractivity contribution is -0.138. The van der Waals surface area contributed by atoms with Crippen molar-refractivity contribution in [1.29, 1.82) is 0 Å². The van der Waals surface area contributed by atoms with E-state index in [9.17, 15) is 18.0 Å². The average molecular weight is 370 g/mol. The lowest BCUT2D eigenvalue weighted by Crippen LogP contribution is -2.04. The minimum Gasteiger partial charge on any atom is -0.463 e. The van der Waals surface area contributed by atoms with Crippen molar-refractivity contribution >= 4 is 22.8 Å². The Kier molecular flexibility index (Phi) is 5.31. The first kappa shape index (κ1) is 18.7. The summed E-state index contributed by atoms with van der Waals surface area (Å²) in [5.41, 5.74) is 1.54. The van der Waals surface area contributed by atoms with Crippen LogP contribution in [0.2, 0.25) is 0 Å². The quantitative estimate of drug-likeness (QED) is 0.410. The molecule has 5 heteroatoms. The van der Waals surface area contributed by atoms with Crippen molar-refractivity contribution in [3.63, 3.8) is 0 Å². The second kappa shape index (κ2) is 7.66. The molecule has 0 aliphatic rings. The minimum atomic E-state index is -4.37. The van der Waals surface area contributed by atoms with E-state index in [0.717, 1.165) is 34.0 Å². The molecule has 0 radical (unpaired) electrons. The van der Waals surface area contributed by atoms with Gasteiger partial charge in [-0.2, -0.15) is 13.2 Å². The highest BCUT2D eigenvalue weighted by atomic mass is 19.4. The molecule has 2 nitrogen and oxygen atoms in total. The van der Waals surface area contributed by atoms with E-state index in [-0.39, 0.29) is 6.61 Å². The number of halogens is 3. The zero-order valence-electron chi connectivity index (χ0n) is 14.6. The van der Waals surface area contributed by atoms with Crippen molar-refractivity contribution in [3.8, 4) is 11.1 Å². The highest BCUT2D eigenvalue weighted by molar-refractivity contribution is 5.99. The first-order valence-electron chi connectivity index (χ1n) is 8.44. The number of carbonyl (C=O) groups excluding carboxylic acids is 1. The monoisotopic (exact) mass is 370 g/mol. The summed E-state index contributed by atoms with van der Waals surface area (Å²) >= 11 is 0. The molecule has 0 atom stereocenters. The van der Waals surface area contributed by atoms with Crippen LogP contribution in [0.5, 0.6) is 0 Å². The van der Waals surface area contributed by atoms with E-state index in [0.29, 0.717) is 5.56 Å². The van der Waals surface area contributed by atoms with Gasteiger partial charge in [-0.25, -0.2) is 4.79 Å². The molecule has 0 saturated heterocycles. The van der Waals surface area contributed by atoms with Gasteiger partial charge in [0, 0.05) is 6.08 Å². The Bertz CT molecular complexity index is 987. The number of fused-ring (bicyclic) bond motifs is 1. The van der Waals surface area contributed by atoms with Crippen LogP contribution >= 0.6 is 0 Å². The van der Waals surface area contributed by atoms with E-state index in [1.165, 1.54) is 18.2 Å². The normalized spacial score (nSPS) is 11.9. The van der Waals surface area contributed by atoms with Crippen molar-refractivity contribution < 1.29 is 22.7 Å². The fourth-order valence-electron chi connectivity index (χ4n) is 2.86. The van der Waals surface area contributed by atoms with Crippen LogP contribution in [-0.2, 0) is 15.7 Å². The summed E-state index contributed by atoms with van der Waals surface area (Å²) in [6, 6.07) is 16.4. The molecular weight excluding hydrogens is 353 g/mol. The van der Waals surface area contributed by atoms with E-state index >= 15 is 0 Å². The first-order chi connectivity index (χ1) is 12.9. The third-order valence-electron chi connectivity index (χ3n) is 4.11. The molecule has 0 saturated carbocycles. The molecule has 0 aliphatic heterocycles. The van der Waals surface area contributed by atoms with Crippen LogP contribution in [-0.4, -0.2) is 12.6 Å². The van der Waals surface area contributed by atoms with Crippen LogP contribution in [0.25, 0.3) is 28.0 Å². The molecule has 3 rings (SSSR count). The molecule has 0 amide bonds. The molecule has 0 aromatic heterocycles. The lowest BCUT2D eigenvalue weighted by Gasteiger charge is -2.11. The summed E-state index contributed by atoms with van der Waals surface area (Å²) in [4.78, 5) is 11.6. The Labute approximate surface area is 154 Å². The number of benzene rings is 3. The Morgan fingerprint density at radius 1 is 1.04 bits per heavy atom. The molecular formula is C22H17F3O2. The highest BCUT2D eigenvalue weighted by Gasteiger charge is 2.30. The summed E-state index contributed by atoms with van der Waals surface area (Å²) in [6.45, 7) is 2.02. The Balaban J connectivity index is 2.07. The van der Waals surface area contributed by atoms with Crippen LogP contribution < -0.4 is 0 Å². The first-order valence-corrected chi connectivity index (χ1v) is 8.44. The average Bonchev–Trinajstić information content (AvgIpc) is 2.65. The molecule has 3 aromatic rings. The standard InChI is InChI=1S/C22H17F3O2/c1-2-27-21(26)12-7-15-13-17-5-3-4-6-19(17)20(14-15)16-8-10-18(11-9-16)22(23,24)25/h3-14H,2H2,1H3. The second-order valence-corrected chi connectivity index (χ2v) is 5.95. The zero-order chi connectivity index (χ0) is 19.4. The molecule has 0 aliphatic carbocycles. The van der Waals surface area contributed by atoms with E-state index in [2.05, 4.69) is 0 Å². The predicted molar refractivity (Wildman–Crippen MR) is 100 cm³/mol. The summed E-state index contributed by atoms with van der Waals surface area (Å²) in [6.07, 6.45) is -1.40. The number of ether oxygens (including phenoxy) is 1. The lowest BCUT2D eigenvalue weighted by atomic mass is 9.95. The van der Waals surface area contributed by atoms with Gasteiger partial charge in [0.05, 0.1) is 12.2 Å². The van der Waals surface area contributed by atoms with Crippen molar-refractivity contribution in [1.82, 2.24) is 0 Å². The van der Waals surface area contributed by atoms with Gasteiger partial charge in [-0.3, -0.25) is 0 Å². The highest BCUT2D eigenvalue weighted by Crippen LogP contribution is 2.34. The largest absolute Gasteiger partial charge is 0.463 e. The predicted octanol–water partition coefficient (Wildman–Crippen LogP) is 6.10. The smallest absolute Gasteiger partial charge is 0.416 e. The van der Waals surface area contributed by atoms with Crippen LogP contribution in [0.3, 0.4) is 0 Å². The van der Waals surface area contributed by atoms with Gasteiger partial charge in [0.1, 0.15) is 0 Å². The minimum absolute atomic E-state index is 0.289. The number of hydrogen-bond donors (Lipinski definition) is 0. The Morgan fingerprint density at radius 3 is 2.41 bits per heavy atom. The maximum Gasteiger partial charge on any atom is 0.416 e. The van der Waals surface area contributed by atoms with Gasteiger partial charge in [-0.1, -0.05) is 36.4 Å². The van der Waals surface area contributed by atoms with Gasteiger partial charge in [0.15, 0.2) is 0 Å². The summed E-state index contributed by atoms with van der Waals surface area (Å²) in [5.74, 6) is -0.443.